The van der Waals surface area contributed by atoms with Crippen molar-refractivity contribution < 1.29 is 32.5 Å². The van der Waals surface area contributed by atoms with E-state index in [2.05, 4.69) is 5.10 Å². The first-order valence-corrected chi connectivity index (χ1v) is 8.59. The molecule has 1 N–H and O–H groups in total. The molecule has 1 aliphatic carbocycles. The number of hydrazone groups is 1. The van der Waals surface area contributed by atoms with Crippen molar-refractivity contribution in [2.45, 2.75) is 38.1 Å². The number of carbonyl (C=O) groups is 1. The second-order valence-corrected chi connectivity index (χ2v) is 6.82. The number of benzene rings is 1. The lowest BCUT2D eigenvalue weighted by Crippen LogP contribution is -2.61. The summed E-state index contributed by atoms with van der Waals surface area (Å²) in [4.78, 5) is 12.9. The van der Waals surface area contributed by atoms with Crippen molar-refractivity contribution in [3.8, 4) is 11.5 Å². The fourth-order valence-corrected chi connectivity index (χ4v) is 3.79. The molecular weight excluding hydrogens is 365 g/mol. The number of alkyl halides is 3. The van der Waals surface area contributed by atoms with Crippen LogP contribution >= 0.6 is 0 Å². The molecule has 1 fully saturated rings. The SMILES string of the molecule is COc1ccc(C(=O)N2N=C3C(C)CCCC3C2(O)C(F)(F)F)cc1OC. The Morgan fingerprint density at radius 3 is 2.52 bits per heavy atom. The van der Waals surface area contributed by atoms with Gasteiger partial charge in [-0.3, -0.25) is 4.79 Å². The first-order valence-electron chi connectivity index (χ1n) is 8.59. The second-order valence-electron chi connectivity index (χ2n) is 6.82. The van der Waals surface area contributed by atoms with Gasteiger partial charge in [0, 0.05) is 11.3 Å². The van der Waals surface area contributed by atoms with E-state index in [0.717, 1.165) is 0 Å². The summed E-state index contributed by atoms with van der Waals surface area (Å²) in [6, 6.07) is 3.99. The van der Waals surface area contributed by atoms with Gasteiger partial charge in [0.25, 0.3) is 11.6 Å². The zero-order valence-corrected chi connectivity index (χ0v) is 15.2. The molecule has 3 atom stereocenters. The van der Waals surface area contributed by atoms with Crippen LogP contribution in [0.1, 0.15) is 36.5 Å². The molecule has 3 unspecified atom stereocenters. The van der Waals surface area contributed by atoms with Gasteiger partial charge in [-0.1, -0.05) is 13.3 Å². The zero-order valence-electron chi connectivity index (χ0n) is 15.2. The number of ether oxygens (including phenoxy) is 2. The first-order chi connectivity index (χ1) is 12.6. The van der Waals surface area contributed by atoms with E-state index in [1.165, 1.54) is 32.4 Å². The highest BCUT2D eigenvalue weighted by molar-refractivity contribution is 6.00. The molecule has 1 heterocycles. The second kappa shape index (κ2) is 6.70. The molecule has 9 heteroatoms. The molecule has 3 rings (SSSR count). The van der Waals surface area contributed by atoms with Crippen molar-refractivity contribution in [1.29, 1.82) is 0 Å². The van der Waals surface area contributed by atoms with Gasteiger partial charge in [0.15, 0.2) is 11.5 Å². The molecule has 0 radical (unpaired) electrons. The predicted octanol–water partition coefficient (Wildman–Crippen LogP) is 3.20. The molecule has 0 saturated heterocycles. The van der Waals surface area contributed by atoms with Crippen molar-refractivity contribution in [3.63, 3.8) is 0 Å². The fraction of sp³-hybridized carbons (Fsp3) is 0.556. The molecule has 148 valence electrons. The number of hydrogen-bond acceptors (Lipinski definition) is 5. The Labute approximate surface area is 154 Å². The molecule has 0 aromatic heterocycles. The maximum Gasteiger partial charge on any atom is 0.439 e. The van der Waals surface area contributed by atoms with Crippen molar-refractivity contribution >= 4 is 11.6 Å². The average molecular weight is 386 g/mol. The largest absolute Gasteiger partial charge is 0.493 e. The van der Waals surface area contributed by atoms with E-state index < -0.39 is 23.7 Å². The van der Waals surface area contributed by atoms with Crippen LogP contribution in [0, 0.1) is 11.8 Å². The molecule has 6 nitrogen and oxygen atoms in total. The summed E-state index contributed by atoms with van der Waals surface area (Å²) in [6.45, 7) is 1.76. The monoisotopic (exact) mass is 386 g/mol. The molecule has 1 amide bonds. The Bertz CT molecular complexity index is 780. The van der Waals surface area contributed by atoms with E-state index in [0.29, 0.717) is 18.6 Å². The Morgan fingerprint density at radius 1 is 1.26 bits per heavy atom. The molecule has 0 bridgehead atoms. The van der Waals surface area contributed by atoms with E-state index >= 15 is 0 Å². The van der Waals surface area contributed by atoms with Gasteiger partial charge in [-0.05, 0) is 37.0 Å². The highest BCUT2D eigenvalue weighted by atomic mass is 19.4. The molecule has 2 aliphatic rings. The number of fused-ring (bicyclic) bond motifs is 1. The Hall–Kier alpha value is -2.29. The summed E-state index contributed by atoms with van der Waals surface area (Å²) in [5, 5.41) is 14.8. The van der Waals surface area contributed by atoms with Crippen LogP contribution in [0.2, 0.25) is 0 Å². The number of hydrogen-bond donors (Lipinski definition) is 1. The van der Waals surface area contributed by atoms with Gasteiger partial charge in [0.1, 0.15) is 0 Å². The molecule has 1 saturated carbocycles. The molecule has 0 spiro atoms. The minimum atomic E-state index is -5.05. The third-order valence-electron chi connectivity index (χ3n) is 5.26. The number of aliphatic hydroxyl groups is 1. The maximum absolute atomic E-state index is 13.9. The van der Waals surface area contributed by atoms with Crippen LogP contribution in [-0.2, 0) is 0 Å². The van der Waals surface area contributed by atoms with E-state index in [-0.39, 0.29) is 34.4 Å². The van der Waals surface area contributed by atoms with Gasteiger partial charge in [-0.25, -0.2) is 0 Å². The zero-order chi connectivity index (χ0) is 20.0. The van der Waals surface area contributed by atoms with E-state index in [1.54, 1.807) is 6.92 Å². The third-order valence-corrected chi connectivity index (χ3v) is 5.26. The number of nitrogens with zero attached hydrogens (tertiary/aromatic N) is 2. The van der Waals surface area contributed by atoms with Gasteiger partial charge < -0.3 is 14.6 Å². The van der Waals surface area contributed by atoms with E-state index in [1.807, 2.05) is 0 Å². The number of rotatable bonds is 3. The Balaban J connectivity index is 2.06. The topological polar surface area (TPSA) is 71.4 Å². The molecule has 1 aromatic carbocycles. The minimum Gasteiger partial charge on any atom is -0.493 e. The van der Waals surface area contributed by atoms with Crippen LogP contribution in [0.25, 0.3) is 0 Å². The normalized spacial score (nSPS) is 27.8. The fourth-order valence-electron chi connectivity index (χ4n) is 3.79. The number of amides is 1. The standard InChI is InChI=1S/C18H21F3N2O4/c1-10-5-4-6-12-15(10)22-23(17(12,25)18(19,20)21)16(24)11-7-8-13(26-2)14(9-11)27-3/h7-10,12,25H,4-6H2,1-3H3. The highest BCUT2D eigenvalue weighted by Gasteiger charge is 2.69. The lowest BCUT2D eigenvalue weighted by atomic mass is 9.75. The van der Waals surface area contributed by atoms with Gasteiger partial charge >= 0.3 is 6.18 Å². The summed E-state index contributed by atoms with van der Waals surface area (Å²) < 4.78 is 51.8. The summed E-state index contributed by atoms with van der Waals surface area (Å²) >= 11 is 0. The number of methoxy groups -OCH3 is 2. The van der Waals surface area contributed by atoms with Crippen molar-refractivity contribution in [2.75, 3.05) is 14.2 Å². The van der Waals surface area contributed by atoms with E-state index in [9.17, 15) is 23.1 Å². The maximum atomic E-state index is 13.9. The quantitative estimate of drug-likeness (QED) is 0.866. The van der Waals surface area contributed by atoms with Gasteiger partial charge in [-0.15, -0.1) is 0 Å². The van der Waals surface area contributed by atoms with Crippen molar-refractivity contribution in [2.24, 2.45) is 16.9 Å². The molecule has 1 aromatic rings. The third kappa shape index (κ3) is 2.93. The average Bonchev–Trinajstić information content (AvgIpc) is 2.96. The van der Waals surface area contributed by atoms with Gasteiger partial charge in [0.2, 0.25) is 0 Å². The van der Waals surface area contributed by atoms with Crippen LogP contribution in [0.4, 0.5) is 13.2 Å². The van der Waals surface area contributed by atoms with Crippen LogP contribution < -0.4 is 9.47 Å². The summed E-state index contributed by atoms with van der Waals surface area (Å²) in [5.74, 6) is -2.03. The molecule has 27 heavy (non-hydrogen) atoms. The summed E-state index contributed by atoms with van der Waals surface area (Å²) in [6.07, 6.45) is -3.73. The van der Waals surface area contributed by atoms with Crippen LogP contribution in [0.3, 0.4) is 0 Å². The van der Waals surface area contributed by atoms with Crippen LogP contribution in [0.5, 0.6) is 11.5 Å². The Kier molecular flexibility index (Phi) is 4.83. The smallest absolute Gasteiger partial charge is 0.439 e. The van der Waals surface area contributed by atoms with Gasteiger partial charge in [-0.2, -0.15) is 23.3 Å². The minimum absolute atomic E-state index is 0.0917. The Morgan fingerprint density at radius 2 is 1.93 bits per heavy atom. The lowest BCUT2D eigenvalue weighted by Gasteiger charge is -2.39. The van der Waals surface area contributed by atoms with Crippen LogP contribution in [0.15, 0.2) is 23.3 Å². The number of halogens is 3. The number of carbonyl (C=O) groups excluding carboxylic acids is 1. The van der Waals surface area contributed by atoms with Crippen molar-refractivity contribution in [3.05, 3.63) is 23.8 Å². The lowest BCUT2D eigenvalue weighted by molar-refractivity contribution is -0.312. The van der Waals surface area contributed by atoms with E-state index in [4.69, 9.17) is 9.47 Å². The summed E-state index contributed by atoms with van der Waals surface area (Å²) in [7, 11) is 2.75. The molecular formula is C18H21F3N2O4. The highest BCUT2D eigenvalue weighted by Crippen LogP contribution is 2.49. The molecule has 1 aliphatic heterocycles. The van der Waals surface area contributed by atoms with Crippen molar-refractivity contribution in [1.82, 2.24) is 5.01 Å². The van der Waals surface area contributed by atoms with Gasteiger partial charge in [0.05, 0.1) is 20.1 Å². The van der Waals surface area contributed by atoms with Crippen LogP contribution in [-0.4, -0.2) is 47.9 Å². The summed E-state index contributed by atoms with van der Waals surface area (Å²) in [5.41, 5.74) is -3.23. The predicted molar refractivity (Wildman–Crippen MR) is 90.7 cm³/mol. The first kappa shape index (κ1) is 19.5.